The smallest absolute Gasteiger partial charge is 0.319 e. The lowest BCUT2D eigenvalue weighted by Gasteiger charge is -2.13. The van der Waals surface area contributed by atoms with Gasteiger partial charge in [0.25, 0.3) is 0 Å². The number of carbonyl (C=O) groups excluding carboxylic acids is 1. The van der Waals surface area contributed by atoms with Crippen LogP contribution in [0.1, 0.15) is 11.1 Å². The molecule has 0 aliphatic rings. The van der Waals surface area contributed by atoms with Crippen molar-refractivity contribution in [2.75, 3.05) is 5.32 Å². The van der Waals surface area contributed by atoms with E-state index in [0.717, 1.165) is 16.7 Å². The monoisotopic (exact) mass is 427 g/mol. The Bertz CT molecular complexity index is 1170. The van der Waals surface area contributed by atoms with Crippen molar-refractivity contribution in [3.8, 4) is 16.9 Å². The molecule has 0 saturated heterocycles. The predicted octanol–water partition coefficient (Wildman–Crippen LogP) is 5.79. The van der Waals surface area contributed by atoms with Crippen molar-refractivity contribution in [3.63, 3.8) is 0 Å². The second kappa shape index (κ2) is 10.2. The molecular weight excluding hydrogens is 405 g/mol. The van der Waals surface area contributed by atoms with Gasteiger partial charge in [-0.15, -0.1) is 0 Å². The molecule has 4 rings (SSSR count). The van der Waals surface area contributed by atoms with E-state index in [2.05, 4.69) is 15.6 Å². The molecule has 2 N–H and O–H groups in total. The van der Waals surface area contributed by atoms with Gasteiger partial charge in [-0.2, -0.15) is 0 Å². The van der Waals surface area contributed by atoms with E-state index in [4.69, 9.17) is 4.74 Å². The molecule has 5 nitrogen and oxygen atoms in total. The maximum atomic E-state index is 14.5. The highest BCUT2D eigenvalue weighted by atomic mass is 19.1. The topological polar surface area (TPSA) is 63.2 Å². The first kappa shape index (κ1) is 21.1. The standard InChI is InChI=1S/C26H22FN3O2/c27-23-9-4-10-24(25(23)21-7-2-1-3-8-21)32-18-19-11-13-22(14-12-19)30-26(31)29-17-20-6-5-15-28-16-20/h1-16H,17-18H2,(H2,29,30,31). The number of benzene rings is 3. The van der Waals surface area contributed by atoms with Crippen LogP contribution in [0.4, 0.5) is 14.9 Å². The number of hydrogen-bond acceptors (Lipinski definition) is 3. The summed E-state index contributed by atoms with van der Waals surface area (Å²) < 4.78 is 20.4. The van der Waals surface area contributed by atoms with Crippen molar-refractivity contribution in [1.82, 2.24) is 10.3 Å². The van der Waals surface area contributed by atoms with Gasteiger partial charge in [-0.3, -0.25) is 4.98 Å². The van der Waals surface area contributed by atoms with Gasteiger partial charge in [-0.1, -0.05) is 54.6 Å². The van der Waals surface area contributed by atoms with Crippen molar-refractivity contribution in [1.29, 1.82) is 0 Å². The van der Waals surface area contributed by atoms with Crippen LogP contribution >= 0.6 is 0 Å². The van der Waals surface area contributed by atoms with Gasteiger partial charge in [-0.25, -0.2) is 9.18 Å². The number of amides is 2. The minimum absolute atomic E-state index is 0.275. The molecule has 160 valence electrons. The Kier molecular flexibility index (Phi) is 6.72. The number of urea groups is 1. The molecule has 4 aromatic rings. The Morgan fingerprint density at radius 3 is 2.44 bits per heavy atom. The lowest BCUT2D eigenvalue weighted by atomic mass is 10.0. The third-order valence-electron chi connectivity index (χ3n) is 4.82. The number of halogens is 1. The Morgan fingerprint density at radius 2 is 1.69 bits per heavy atom. The number of carbonyl (C=O) groups is 1. The van der Waals surface area contributed by atoms with E-state index in [0.29, 0.717) is 23.5 Å². The van der Waals surface area contributed by atoms with Crippen LogP contribution in [0.25, 0.3) is 11.1 Å². The average molecular weight is 427 g/mol. The lowest BCUT2D eigenvalue weighted by molar-refractivity contribution is 0.251. The molecule has 6 heteroatoms. The number of aromatic nitrogens is 1. The van der Waals surface area contributed by atoms with Crippen molar-refractivity contribution in [3.05, 3.63) is 114 Å². The number of nitrogens with zero attached hydrogens (tertiary/aromatic N) is 1. The highest BCUT2D eigenvalue weighted by Gasteiger charge is 2.12. The van der Waals surface area contributed by atoms with Crippen LogP contribution in [0.2, 0.25) is 0 Å². The van der Waals surface area contributed by atoms with Crippen LogP contribution in [0.15, 0.2) is 97.3 Å². The van der Waals surface area contributed by atoms with E-state index in [1.54, 1.807) is 36.7 Å². The first-order valence-electron chi connectivity index (χ1n) is 10.2. The Balaban J connectivity index is 1.35. The Morgan fingerprint density at radius 1 is 0.875 bits per heavy atom. The zero-order valence-electron chi connectivity index (χ0n) is 17.3. The highest BCUT2D eigenvalue weighted by molar-refractivity contribution is 5.89. The van der Waals surface area contributed by atoms with Crippen LogP contribution in [-0.4, -0.2) is 11.0 Å². The molecule has 1 heterocycles. The van der Waals surface area contributed by atoms with Crippen molar-refractivity contribution in [2.45, 2.75) is 13.2 Å². The Labute approximate surface area is 185 Å². The summed E-state index contributed by atoms with van der Waals surface area (Å²) in [4.78, 5) is 16.1. The number of ether oxygens (including phenoxy) is 1. The maximum absolute atomic E-state index is 14.5. The minimum Gasteiger partial charge on any atom is -0.488 e. The number of rotatable bonds is 7. The van der Waals surface area contributed by atoms with Gasteiger partial charge in [0, 0.05) is 24.6 Å². The summed E-state index contributed by atoms with van der Waals surface area (Å²) in [5, 5.41) is 5.58. The number of anilines is 1. The molecule has 0 spiro atoms. The first-order valence-corrected chi connectivity index (χ1v) is 10.2. The summed E-state index contributed by atoms with van der Waals surface area (Å²) in [5.41, 5.74) is 3.68. The van der Waals surface area contributed by atoms with E-state index in [1.165, 1.54) is 6.07 Å². The largest absolute Gasteiger partial charge is 0.488 e. The van der Waals surface area contributed by atoms with Gasteiger partial charge in [0.15, 0.2) is 0 Å². The molecule has 0 saturated carbocycles. The summed E-state index contributed by atoms with van der Waals surface area (Å²) in [5.74, 6) is 0.152. The highest BCUT2D eigenvalue weighted by Crippen LogP contribution is 2.33. The number of pyridine rings is 1. The molecule has 0 fully saturated rings. The quantitative estimate of drug-likeness (QED) is 0.392. The molecule has 0 radical (unpaired) electrons. The van der Waals surface area contributed by atoms with E-state index in [1.807, 2.05) is 54.6 Å². The Hall–Kier alpha value is -4.19. The van der Waals surface area contributed by atoms with Gasteiger partial charge >= 0.3 is 6.03 Å². The SMILES string of the molecule is O=C(NCc1cccnc1)Nc1ccc(COc2cccc(F)c2-c2ccccc2)cc1. The molecule has 1 aromatic heterocycles. The number of nitrogens with one attached hydrogen (secondary N) is 2. The second-order valence-electron chi connectivity index (χ2n) is 7.13. The maximum Gasteiger partial charge on any atom is 0.319 e. The number of hydrogen-bond donors (Lipinski definition) is 2. The molecule has 0 aliphatic heterocycles. The zero-order valence-corrected chi connectivity index (χ0v) is 17.3. The molecule has 32 heavy (non-hydrogen) atoms. The third kappa shape index (κ3) is 5.49. The fourth-order valence-electron chi connectivity index (χ4n) is 3.22. The van der Waals surface area contributed by atoms with Gasteiger partial charge in [0.1, 0.15) is 18.2 Å². The summed E-state index contributed by atoms with van der Waals surface area (Å²) in [7, 11) is 0. The van der Waals surface area contributed by atoms with Crippen LogP contribution in [0.5, 0.6) is 5.75 Å². The first-order chi connectivity index (χ1) is 15.7. The van der Waals surface area contributed by atoms with Crippen LogP contribution < -0.4 is 15.4 Å². The van der Waals surface area contributed by atoms with Crippen LogP contribution in [0, 0.1) is 5.82 Å². The van der Waals surface area contributed by atoms with Gasteiger partial charge in [0.2, 0.25) is 0 Å². The normalized spacial score (nSPS) is 10.4. The summed E-state index contributed by atoms with van der Waals surface area (Å²) in [6, 6.07) is 24.9. The fourth-order valence-corrected chi connectivity index (χ4v) is 3.22. The van der Waals surface area contributed by atoms with E-state index < -0.39 is 0 Å². The molecule has 2 amide bonds. The average Bonchev–Trinajstić information content (AvgIpc) is 2.83. The van der Waals surface area contributed by atoms with Gasteiger partial charge in [0.05, 0.1) is 5.56 Å². The molecule has 0 aliphatic carbocycles. The van der Waals surface area contributed by atoms with Crippen LogP contribution in [-0.2, 0) is 13.2 Å². The summed E-state index contributed by atoms with van der Waals surface area (Å²) in [6.45, 7) is 0.666. The van der Waals surface area contributed by atoms with Crippen molar-refractivity contribution < 1.29 is 13.9 Å². The van der Waals surface area contributed by atoms with Gasteiger partial charge in [-0.05, 0) is 47.0 Å². The predicted molar refractivity (Wildman–Crippen MR) is 123 cm³/mol. The molecule has 0 unspecified atom stereocenters. The lowest BCUT2D eigenvalue weighted by Crippen LogP contribution is -2.28. The minimum atomic E-state index is -0.328. The van der Waals surface area contributed by atoms with E-state index in [-0.39, 0.29) is 18.5 Å². The summed E-state index contributed by atoms with van der Waals surface area (Å²) >= 11 is 0. The second-order valence-corrected chi connectivity index (χ2v) is 7.13. The molecular formula is C26H22FN3O2. The van der Waals surface area contributed by atoms with E-state index >= 15 is 0 Å². The third-order valence-corrected chi connectivity index (χ3v) is 4.82. The summed E-state index contributed by atoms with van der Waals surface area (Å²) in [6.07, 6.45) is 3.39. The van der Waals surface area contributed by atoms with Crippen molar-refractivity contribution in [2.24, 2.45) is 0 Å². The van der Waals surface area contributed by atoms with Crippen molar-refractivity contribution >= 4 is 11.7 Å². The zero-order chi connectivity index (χ0) is 22.2. The molecule has 0 bridgehead atoms. The van der Waals surface area contributed by atoms with E-state index in [9.17, 15) is 9.18 Å². The molecule has 0 atom stereocenters. The molecule has 3 aromatic carbocycles. The van der Waals surface area contributed by atoms with Crippen LogP contribution in [0.3, 0.4) is 0 Å². The fraction of sp³-hybridized carbons (Fsp3) is 0.0769. The van der Waals surface area contributed by atoms with Gasteiger partial charge < -0.3 is 15.4 Å².